The van der Waals surface area contributed by atoms with Crippen LogP contribution in [0.25, 0.3) is 16.9 Å². The van der Waals surface area contributed by atoms with Crippen LogP contribution in [0.2, 0.25) is 0 Å². The van der Waals surface area contributed by atoms with E-state index in [1.54, 1.807) is 23.7 Å². The predicted molar refractivity (Wildman–Crippen MR) is 113 cm³/mol. The van der Waals surface area contributed by atoms with Crippen molar-refractivity contribution in [2.45, 2.75) is 19.9 Å². The Hall–Kier alpha value is -3.81. The topological polar surface area (TPSA) is 61.8 Å². The molecule has 1 saturated heterocycles. The van der Waals surface area contributed by atoms with Crippen molar-refractivity contribution in [3.63, 3.8) is 0 Å². The summed E-state index contributed by atoms with van der Waals surface area (Å²) in [6.45, 7) is 4.01. The van der Waals surface area contributed by atoms with Crippen LogP contribution < -0.4 is 4.57 Å². The molecule has 8 heteroatoms. The number of hydrogen-bond donors (Lipinski definition) is 0. The number of nitrogens with zero attached hydrogens (tertiary/aromatic N) is 5. The van der Waals surface area contributed by atoms with Crippen molar-refractivity contribution in [1.29, 1.82) is 0 Å². The third-order valence-corrected chi connectivity index (χ3v) is 5.90. The number of carbonyl (C=O) groups is 2. The smallest absolute Gasteiger partial charge is 0.270 e. The highest BCUT2D eigenvalue weighted by molar-refractivity contribution is 6.18. The first-order chi connectivity index (χ1) is 14.8. The fourth-order valence-corrected chi connectivity index (χ4v) is 4.17. The molecule has 156 valence electrons. The molecule has 3 amide bonds. The van der Waals surface area contributed by atoms with Crippen molar-refractivity contribution < 1.29 is 18.5 Å². The zero-order chi connectivity index (χ0) is 22.0. The molecule has 0 aliphatic carbocycles. The number of urea groups is 1. The number of benzene rings is 2. The molecule has 3 heterocycles. The molecule has 1 atom stereocenters. The Bertz CT molecular complexity index is 1290. The summed E-state index contributed by atoms with van der Waals surface area (Å²) >= 11 is 0. The van der Waals surface area contributed by atoms with Crippen LogP contribution in [0.3, 0.4) is 0 Å². The second kappa shape index (κ2) is 6.60. The maximum absolute atomic E-state index is 13.6. The second-order valence-corrected chi connectivity index (χ2v) is 7.97. The van der Waals surface area contributed by atoms with Crippen molar-refractivity contribution in [3.8, 4) is 16.9 Å². The lowest BCUT2D eigenvalue weighted by Gasteiger charge is -2.30. The van der Waals surface area contributed by atoms with E-state index in [0.717, 1.165) is 33.0 Å². The summed E-state index contributed by atoms with van der Waals surface area (Å²) in [4.78, 5) is 32.7. The van der Waals surface area contributed by atoms with Gasteiger partial charge in [-0.15, -0.1) is 0 Å². The molecule has 7 nitrogen and oxygen atoms in total. The number of rotatable bonds is 2. The minimum atomic E-state index is -0.728. The van der Waals surface area contributed by atoms with E-state index in [9.17, 15) is 14.0 Å². The fraction of sp³-hybridized carbons (Fsp3) is 0.217. The maximum atomic E-state index is 13.6. The lowest BCUT2D eigenvalue weighted by molar-refractivity contribution is -0.676. The van der Waals surface area contributed by atoms with Gasteiger partial charge in [-0.3, -0.25) is 14.6 Å². The van der Waals surface area contributed by atoms with E-state index in [2.05, 4.69) is 0 Å². The average Bonchev–Trinajstić information content (AvgIpc) is 3.29. The number of amides is 3. The van der Waals surface area contributed by atoms with Gasteiger partial charge in [0.2, 0.25) is 11.9 Å². The van der Waals surface area contributed by atoms with Crippen LogP contribution >= 0.6 is 0 Å². The molecule has 0 radical (unpaired) electrons. The van der Waals surface area contributed by atoms with E-state index in [1.165, 1.54) is 24.1 Å². The zero-order valence-electron chi connectivity index (χ0n) is 17.6. The van der Waals surface area contributed by atoms with E-state index in [-0.39, 0.29) is 11.7 Å². The SMILES string of the molecule is Cc1ccc(C)c(-n2c(-c3ccc(F)cc3)c[n+]3c2N=C2C3C(=O)N(C)C(=O)N2C)c1. The van der Waals surface area contributed by atoms with E-state index >= 15 is 0 Å². The number of imide groups is 1. The molecule has 31 heavy (non-hydrogen) atoms. The Labute approximate surface area is 178 Å². The number of halogens is 1. The maximum Gasteiger partial charge on any atom is 0.407 e. The minimum Gasteiger partial charge on any atom is -0.270 e. The average molecular weight is 418 g/mol. The lowest BCUT2D eigenvalue weighted by atomic mass is 10.1. The third kappa shape index (κ3) is 2.71. The standard InChI is InChI=1S/C23H21FN5O2/c1-13-5-6-14(2)17(11-13)29-18(15-7-9-16(24)10-8-15)12-28-19-20(25-22(28)29)26(3)23(31)27(4)21(19)30/h5-12,19H,1-4H3/q+1. The van der Waals surface area contributed by atoms with Gasteiger partial charge in [0.15, 0.2) is 0 Å². The summed E-state index contributed by atoms with van der Waals surface area (Å²) in [6, 6.07) is 11.2. The quantitative estimate of drug-likeness (QED) is 0.600. The summed E-state index contributed by atoms with van der Waals surface area (Å²) in [6.07, 6.45) is 1.85. The Morgan fingerprint density at radius 2 is 1.71 bits per heavy atom. The van der Waals surface area contributed by atoms with E-state index in [0.29, 0.717) is 11.8 Å². The highest BCUT2D eigenvalue weighted by Gasteiger charge is 2.52. The van der Waals surface area contributed by atoms with Crippen LogP contribution in [0.1, 0.15) is 17.2 Å². The van der Waals surface area contributed by atoms with Crippen LogP contribution in [0, 0.1) is 19.7 Å². The number of hydrogen-bond acceptors (Lipinski definition) is 3. The minimum absolute atomic E-state index is 0.321. The molecule has 2 aliphatic rings. The van der Waals surface area contributed by atoms with Gasteiger partial charge < -0.3 is 0 Å². The van der Waals surface area contributed by atoms with Crippen LogP contribution in [-0.4, -0.2) is 46.2 Å². The van der Waals surface area contributed by atoms with Gasteiger partial charge in [0.05, 0.1) is 0 Å². The normalized spacial score (nSPS) is 17.7. The molecule has 2 aromatic carbocycles. The highest BCUT2D eigenvalue weighted by Crippen LogP contribution is 2.35. The molecule has 1 aromatic heterocycles. The summed E-state index contributed by atoms with van der Waals surface area (Å²) in [5.41, 5.74) is 4.58. The zero-order valence-corrected chi connectivity index (χ0v) is 17.6. The van der Waals surface area contributed by atoms with Crippen LogP contribution in [0.4, 0.5) is 15.1 Å². The Morgan fingerprint density at radius 1 is 1.00 bits per heavy atom. The van der Waals surface area contributed by atoms with Gasteiger partial charge in [0, 0.05) is 19.7 Å². The Kier molecular flexibility index (Phi) is 4.08. The summed E-state index contributed by atoms with van der Waals surface area (Å²) in [5.74, 6) is 0.275. The van der Waals surface area contributed by atoms with Crippen molar-refractivity contribution in [3.05, 3.63) is 65.6 Å². The van der Waals surface area contributed by atoms with Crippen molar-refractivity contribution in [1.82, 2.24) is 14.4 Å². The van der Waals surface area contributed by atoms with Crippen molar-refractivity contribution >= 4 is 23.7 Å². The molecular weight excluding hydrogens is 397 g/mol. The Balaban J connectivity index is 1.81. The fourth-order valence-electron chi connectivity index (χ4n) is 4.17. The van der Waals surface area contributed by atoms with Gasteiger partial charge in [-0.05, 0) is 55.3 Å². The summed E-state index contributed by atoms with van der Waals surface area (Å²) < 4.78 is 17.3. The van der Waals surface area contributed by atoms with Gasteiger partial charge in [-0.1, -0.05) is 17.1 Å². The molecule has 0 spiro atoms. The molecule has 3 aromatic rings. The molecule has 1 unspecified atom stereocenters. The first kappa shape index (κ1) is 19.2. The summed E-state index contributed by atoms with van der Waals surface area (Å²) in [5, 5.41) is 0. The molecule has 0 saturated carbocycles. The first-order valence-electron chi connectivity index (χ1n) is 9.92. The highest BCUT2D eigenvalue weighted by atomic mass is 19.1. The van der Waals surface area contributed by atoms with Gasteiger partial charge in [0.25, 0.3) is 5.91 Å². The van der Waals surface area contributed by atoms with Crippen LogP contribution in [0.5, 0.6) is 0 Å². The van der Waals surface area contributed by atoms with E-state index in [1.807, 2.05) is 42.8 Å². The monoisotopic (exact) mass is 418 g/mol. The van der Waals surface area contributed by atoms with Gasteiger partial charge in [0.1, 0.15) is 23.4 Å². The number of aromatic nitrogens is 2. The first-order valence-corrected chi connectivity index (χ1v) is 9.92. The van der Waals surface area contributed by atoms with Gasteiger partial charge >= 0.3 is 12.0 Å². The molecule has 5 rings (SSSR count). The second-order valence-electron chi connectivity index (χ2n) is 7.97. The number of amidine groups is 1. The van der Waals surface area contributed by atoms with Gasteiger partial charge in [-0.2, -0.15) is 4.57 Å². The largest absolute Gasteiger partial charge is 0.407 e. The number of likely N-dealkylation sites (N-methyl/N-ethyl adjacent to an activating group) is 2. The third-order valence-electron chi connectivity index (χ3n) is 5.90. The lowest BCUT2D eigenvalue weighted by Crippen LogP contribution is -2.61. The molecule has 0 bridgehead atoms. The molecular formula is C23H21FN5O2+. The van der Waals surface area contributed by atoms with E-state index in [4.69, 9.17) is 4.99 Å². The predicted octanol–water partition coefficient (Wildman–Crippen LogP) is 3.30. The van der Waals surface area contributed by atoms with Crippen molar-refractivity contribution in [2.24, 2.45) is 4.99 Å². The molecule has 1 fully saturated rings. The van der Waals surface area contributed by atoms with Crippen LogP contribution in [-0.2, 0) is 4.79 Å². The van der Waals surface area contributed by atoms with E-state index < -0.39 is 12.1 Å². The number of carbonyl (C=O) groups excluding carboxylic acids is 2. The van der Waals surface area contributed by atoms with Gasteiger partial charge in [-0.25, -0.2) is 13.8 Å². The number of fused-ring (bicyclic) bond motifs is 3. The number of aryl methyl sites for hydroxylation is 2. The summed E-state index contributed by atoms with van der Waals surface area (Å²) in [7, 11) is 3.09. The van der Waals surface area contributed by atoms with Crippen molar-refractivity contribution in [2.75, 3.05) is 14.1 Å². The molecule has 0 N–H and O–H groups in total. The number of aliphatic imine (C=N–C) groups is 1. The number of imidazole rings is 1. The molecule has 2 aliphatic heterocycles. The Morgan fingerprint density at radius 3 is 2.42 bits per heavy atom. The van der Waals surface area contributed by atoms with Crippen LogP contribution in [0.15, 0.2) is 53.7 Å².